The number of carbonyl (C=O) groups is 1. The molecule has 1 amide bonds. The van der Waals surface area contributed by atoms with Crippen LogP contribution in [0, 0.1) is 0 Å². The molecule has 7 nitrogen and oxygen atoms in total. The molecule has 3 aromatic rings. The number of methoxy groups -OCH3 is 1. The second-order valence-electron chi connectivity index (χ2n) is 4.95. The van der Waals surface area contributed by atoms with Gasteiger partial charge < -0.3 is 10.1 Å². The summed E-state index contributed by atoms with van der Waals surface area (Å²) in [6, 6.07) is 12.9. The van der Waals surface area contributed by atoms with Crippen molar-refractivity contribution in [1.29, 1.82) is 0 Å². The number of benzene rings is 2. The molecule has 1 N–H and O–H groups in total. The van der Waals surface area contributed by atoms with Gasteiger partial charge in [-0.1, -0.05) is 28.1 Å². The summed E-state index contributed by atoms with van der Waals surface area (Å²) in [5.41, 5.74) is 2.06. The highest BCUT2D eigenvalue weighted by atomic mass is 79.9. The van der Waals surface area contributed by atoms with Gasteiger partial charge in [-0.25, -0.2) is 0 Å². The van der Waals surface area contributed by atoms with Crippen LogP contribution in [0.25, 0.3) is 5.69 Å². The molecule has 122 valence electrons. The molecule has 0 spiro atoms. The van der Waals surface area contributed by atoms with Crippen molar-refractivity contribution >= 4 is 21.8 Å². The molecule has 2 aromatic carbocycles. The van der Waals surface area contributed by atoms with E-state index >= 15 is 0 Å². The van der Waals surface area contributed by atoms with E-state index in [0.29, 0.717) is 17.8 Å². The fourth-order valence-electron chi connectivity index (χ4n) is 2.18. The number of halogens is 1. The third-order valence-corrected chi connectivity index (χ3v) is 3.90. The van der Waals surface area contributed by atoms with E-state index in [4.69, 9.17) is 4.74 Å². The van der Waals surface area contributed by atoms with Gasteiger partial charge in [0.2, 0.25) is 0 Å². The van der Waals surface area contributed by atoms with Crippen LogP contribution in [0.3, 0.4) is 0 Å². The zero-order valence-corrected chi connectivity index (χ0v) is 14.4. The number of carbonyl (C=O) groups excluding carboxylic acids is 1. The number of aromatic nitrogens is 4. The lowest BCUT2D eigenvalue weighted by atomic mass is 10.1. The summed E-state index contributed by atoms with van der Waals surface area (Å²) in [6.45, 7) is 0.407. The molecule has 0 aliphatic rings. The third kappa shape index (κ3) is 3.60. The standard InChI is InChI=1S/C16H14BrN5O2/c1-24-13-5-2-11(3-6-13)9-18-16(23)14-8-12(17)4-7-15(14)22-10-19-20-21-22/h2-8,10H,9H2,1H3,(H,18,23). The normalized spacial score (nSPS) is 10.4. The van der Waals surface area contributed by atoms with E-state index in [2.05, 4.69) is 36.8 Å². The smallest absolute Gasteiger partial charge is 0.253 e. The maximum Gasteiger partial charge on any atom is 0.253 e. The Bertz CT molecular complexity index is 834. The average molecular weight is 388 g/mol. The highest BCUT2D eigenvalue weighted by Crippen LogP contribution is 2.19. The first kappa shape index (κ1) is 16.1. The fraction of sp³-hybridized carbons (Fsp3) is 0.125. The second-order valence-corrected chi connectivity index (χ2v) is 5.86. The first-order chi connectivity index (χ1) is 11.7. The number of tetrazole rings is 1. The molecule has 8 heteroatoms. The minimum atomic E-state index is -0.211. The van der Waals surface area contributed by atoms with Gasteiger partial charge >= 0.3 is 0 Å². The monoisotopic (exact) mass is 387 g/mol. The Labute approximate surface area is 146 Å². The maximum absolute atomic E-state index is 12.6. The summed E-state index contributed by atoms with van der Waals surface area (Å²) in [7, 11) is 1.62. The topological polar surface area (TPSA) is 81.9 Å². The molecular weight excluding hydrogens is 374 g/mol. The molecule has 0 atom stereocenters. The summed E-state index contributed by atoms with van der Waals surface area (Å²) in [4.78, 5) is 12.6. The number of hydrogen-bond acceptors (Lipinski definition) is 5. The predicted molar refractivity (Wildman–Crippen MR) is 91.0 cm³/mol. The molecule has 0 unspecified atom stereocenters. The minimum Gasteiger partial charge on any atom is -0.497 e. The molecule has 0 aliphatic heterocycles. The fourth-order valence-corrected chi connectivity index (χ4v) is 2.54. The van der Waals surface area contributed by atoms with Crippen LogP contribution >= 0.6 is 15.9 Å². The van der Waals surface area contributed by atoms with Gasteiger partial charge in [0, 0.05) is 11.0 Å². The van der Waals surface area contributed by atoms with Crippen molar-refractivity contribution in [2.24, 2.45) is 0 Å². The summed E-state index contributed by atoms with van der Waals surface area (Å²) in [6.07, 6.45) is 1.45. The summed E-state index contributed by atoms with van der Waals surface area (Å²) < 4.78 is 7.37. The van der Waals surface area contributed by atoms with Crippen LogP contribution < -0.4 is 10.1 Å². The van der Waals surface area contributed by atoms with Crippen molar-refractivity contribution in [3.8, 4) is 11.4 Å². The van der Waals surface area contributed by atoms with E-state index in [9.17, 15) is 4.79 Å². The van der Waals surface area contributed by atoms with Crippen LogP contribution in [0.5, 0.6) is 5.75 Å². The van der Waals surface area contributed by atoms with E-state index in [1.165, 1.54) is 11.0 Å². The molecule has 1 aromatic heterocycles. The van der Waals surface area contributed by atoms with Gasteiger partial charge in [-0.15, -0.1) is 5.10 Å². The Morgan fingerprint density at radius 3 is 2.71 bits per heavy atom. The van der Waals surface area contributed by atoms with Crippen molar-refractivity contribution < 1.29 is 9.53 Å². The summed E-state index contributed by atoms with van der Waals surface area (Å²) >= 11 is 3.39. The van der Waals surface area contributed by atoms with Crippen molar-refractivity contribution in [2.45, 2.75) is 6.54 Å². The lowest BCUT2D eigenvalue weighted by Gasteiger charge is -2.10. The van der Waals surface area contributed by atoms with Gasteiger partial charge in [-0.3, -0.25) is 4.79 Å². The Morgan fingerprint density at radius 2 is 2.04 bits per heavy atom. The molecular formula is C16H14BrN5O2. The second kappa shape index (κ2) is 7.22. The van der Waals surface area contributed by atoms with Crippen LogP contribution in [0.1, 0.15) is 15.9 Å². The molecule has 1 heterocycles. The number of ether oxygens (including phenoxy) is 1. The molecule has 0 aliphatic carbocycles. The van der Waals surface area contributed by atoms with Crippen LogP contribution in [-0.4, -0.2) is 33.2 Å². The van der Waals surface area contributed by atoms with E-state index in [0.717, 1.165) is 15.8 Å². The SMILES string of the molecule is COc1ccc(CNC(=O)c2cc(Br)ccc2-n2cnnn2)cc1. The van der Waals surface area contributed by atoms with Gasteiger partial charge in [0.15, 0.2) is 0 Å². The number of amides is 1. The zero-order valence-electron chi connectivity index (χ0n) is 12.8. The highest BCUT2D eigenvalue weighted by Gasteiger charge is 2.14. The van der Waals surface area contributed by atoms with Gasteiger partial charge in [0.05, 0.1) is 18.4 Å². The third-order valence-electron chi connectivity index (χ3n) is 3.41. The predicted octanol–water partition coefficient (Wildman–Crippen LogP) is 2.36. The first-order valence-electron chi connectivity index (χ1n) is 7.11. The van der Waals surface area contributed by atoms with E-state index in [1.807, 2.05) is 30.3 Å². The lowest BCUT2D eigenvalue weighted by Crippen LogP contribution is -2.24. The van der Waals surface area contributed by atoms with Gasteiger partial charge in [0.25, 0.3) is 5.91 Å². The highest BCUT2D eigenvalue weighted by molar-refractivity contribution is 9.10. The van der Waals surface area contributed by atoms with Crippen LogP contribution in [0.4, 0.5) is 0 Å². The maximum atomic E-state index is 12.6. The Balaban J connectivity index is 1.78. The van der Waals surface area contributed by atoms with Gasteiger partial charge in [-0.2, -0.15) is 4.68 Å². The van der Waals surface area contributed by atoms with E-state index in [1.54, 1.807) is 19.2 Å². The summed E-state index contributed by atoms with van der Waals surface area (Å²) in [5, 5.41) is 14.0. The molecule has 0 saturated carbocycles. The minimum absolute atomic E-state index is 0.211. The number of nitrogens with zero attached hydrogens (tertiary/aromatic N) is 4. The number of nitrogens with one attached hydrogen (secondary N) is 1. The van der Waals surface area contributed by atoms with Crippen molar-refractivity contribution in [2.75, 3.05) is 7.11 Å². The summed E-state index contributed by atoms with van der Waals surface area (Å²) in [5.74, 6) is 0.565. The molecule has 0 radical (unpaired) electrons. The zero-order chi connectivity index (χ0) is 16.9. The molecule has 24 heavy (non-hydrogen) atoms. The van der Waals surface area contributed by atoms with Crippen LogP contribution in [-0.2, 0) is 6.54 Å². The molecule has 0 saturated heterocycles. The molecule has 3 rings (SSSR count). The average Bonchev–Trinajstić information content (AvgIpc) is 3.14. The number of hydrogen-bond donors (Lipinski definition) is 1. The van der Waals surface area contributed by atoms with Gasteiger partial charge in [0.1, 0.15) is 12.1 Å². The van der Waals surface area contributed by atoms with Gasteiger partial charge in [-0.05, 0) is 46.3 Å². The van der Waals surface area contributed by atoms with E-state index in [-0.39, 0.29) is 5.91 Å². The van der Waals surface area contributed by atoms with Crippen molar-refractivity contribution in [3.05, 3.63) is 64.4 Å². The number of rotatable bonds is 5. The Morgan fingerprint density at radius 1 is 1.25 bits per heavy atom. The lowest BCUT2D eigenvalue weighted by molar-refractivity contribution is 0.0950. The van der Waals surface area contributed by atoms with Crippen molar-refractivity contribution in [3.63, 3.8) is 0 Å². The molecule has 0 bridgehead atoms. The first-order valence-corrected chi connectivity index (χ1v) is 7.90. The Hall–Kier alpha value is -2.74. The molecule has 0 fully saturated rings. The van der Waals surface area contributed by atoms with Crippen LogP contribution in [0.15, 0.2) is 53.3 Å². The Kier molecular flexibility index (Phi) is 4.85. The van der Waals surface area contributed by atoms with Crippen LogP contribution in [0.2, 0.25) is 0 Å². The quantitative estimate of drug-likeness (QED) is 0.726. The largest absolute Gasteiger partial charge is 0.497 e. The van der Waals surface area contributed by atoms with Crippen molar-refractivity contribution in [1.82, 2.24) is 25.5 Å². The van der Waals surface area contributed by atoms with E-state index < -0.39 is 0 Å².